The summed E-state index contributed by atoms with van der Waals surface area (Å²) >= 11 is 5.65. The van der Waals surface area contributed by atoms with Gasteiger partial charge in [0.05, 0.1) is 0 Å². The van der Waals surface area contributed by atoms with Crippen molar-refractivity contribution in [3.05, 3.63) is 0 Å². The molecule has 1 N–H and O–H groups in total. The van der Waals surface area contributed by atoms with Crippen molar-refractivity contribution >= 4 is 24.0 Å². The summed E-state index contributed by atoms with van der Waals surface area (Å²) in [5.41, 5.74) is 0. The average molecular weight is 170 g/mol. The highest BCUT2D eigenvalue weighted by atomic mass is 35.5. The second-order valence-electron chi connectivity index (χ2n) is 2.35. The molecule has 0 bridgehead atoms. The first kappa shape index (κ1) is 9.54. The van der Waals surface area contributed by atoms with Gasteiger partial charge < -0.3 is 5.32 Å². The lowest BCUT2D eigenvalue weighted by Gasteiger charge is -2.19. The molecule has 1 aliphatic rings. The summed E-state index contributed by atoms with van der Waals surface area (Å²) in [6.45, 7) is 2.33. The molecule has 0 aromatic rings. The van der Waals surface area contributed by atoms with E-state index in [-0.39, 0.29) is 12.4 Å². The normalized spacial score (nSPS) is 21.0. The minimum Gasteiger partial charge on any atom is -0.317 e. The van der Waals surface area contributed by atoms with Crippen molar-refractivity contribution in [1.29, 1.82) is 0 Å². The maximum atomic E-state index is 5.65. The van der Waals surface area contributed by atoms with Crippen LogP contribution in [0.25, 0.3) is 0 Å². The van der Waals surface area contributed by atoms with E-state index in [1.807, 2.05) is 0 Å². The Hall–Kier alpha value is 0.540. The van der Waals surface area contributed by atoms with E-state index in [1.165, 1.54) is 12.8 Å². The Bertz CT molecular complexity index is 62.1. The molecular formula is C6H13Cl2N. The number of nitrogens with one attached hydrogen (secondary N) is 1. The lowest BCUT2D eigenvalue weighted by atomic mass is 10.0. The molecule has 0 aromatic heterocycles. The Morgan fingerprint density at radius 2 is 1.89 bits per heavy atom. The summed E-state index contributed by atoms with van der Waals surface area (Å²) in [6.07, 6.45) is 2.53. The molecule has 0 unspecified atom stereocenters. The van der Waals surface area contributed by atoms with Crippen molar-refractivity contribution in [2.75, 3.05) is 19.0 Å². The van der Waals surface area contributed by atoms with E-state index in [2.05, 4.69) is 5.32 Å². The fourth-order valence-electron chi connectivity index (χ4n) is 1.04. The van der Waals surface area contributed by atoms with Gasteiger partial charge in [-0.1, -0.05) is 0 Å². The van der Waals surface area contributed by atoms with Gasteiger partial charge in [0.25, 0.3) is 0 Å². The summed E-state index contributed by atoms with van der Waals surface area (Å²) < 4.78 is 0. The van der Waals surface area contributed by atoms with E-state index in [0.29, 0.717) is 0 Å². The summed E-state index contributed by atoms with van der Waals surface area (Å²) in [5, 5.41) is 3.29. The third-order valence-electron chi connectivity index (χ3n) is 1.68. The molecule has 1 fully saturated rings. The van der Waals surface area contributed by atoms with Crippen LogP contribution in [0.3, 0.4) is 0 Å². The van der Waals surface area contributed by atoms with Crippen LogP contribution in [0, 0.1) is 5.92 Å². The van der Waals surface area contributed by atoms with Gasteiger partial charge in [0, 0.05) is 5.88 Å². The van der Waals surface area contributed by atoms with Crippen molar-refractivity contribution in [2.24, 2.45) is 5.92 Å². The molecule has 1 aliphatic heterocycles. The zero-order chi connectivity index (χ0) is 5.82. The van der Waals surface area contributed by atoms with Crippen LogP contribution in [0.5, 0.6) is 0 Å². The molecule has 9 heavy (non-hydrogen) atoms. The highest BCUT2D eigenvalue weighted by Gasteiger charge is 2.09. The molecule has 1 saturated heterocycles. The topological polar surface area (TPSA) is 12.0 Å². The molecule has 56 valence electrons. The number of piperidine rings is 1. The summed E-state index contributed by atoms with van der Waals surface area (Å²) in [5.74, 6) is 1.64. The maximum absolute atomic E-state index is 5.65. The summed E-state index contributed by atoms with van der Waals surface area (Å²) in [6, 6.07) is 0. The van der Waals surface area contributed by atoms with Crippen LogP contribution in [0.4, 0.5) is 0 Å². The van der Waals surface area contributed by atoms with E-state index >= 15 is 0 Å². The number of alkyl halides is 1. The van der Waals surface area contributed by atoms with Crippen LogP contribution in [0.15, 0.2) is 0 Å². The molecule has 0 amide bonds. The van der Waals surface area contributed by atoms with Crippen LogP contribution in [-0.4, -0.2) is 19.0 Å². The molecule has 1 nitrogen and oxygen atoms in total. The number of hydrogen-bond acceptors (Lipinski definition) is 1. The van der Waals surface area contributed by atoms with Gasteiger partial charge >= 0.3 is 0 Å². The molecule has 0 aromatic carbocycles. The largest absolute Gasteiger partial charge is 0.317 e. The lowest BCUT2D eigenvalue weighted by Crippen LogP contribution is -2.28. The van der Waals surface area contributed by atoms with Crippen molar-refractivity contribution < 1.29 is 0 Å². The minimum atomic E-state index is 0. The molecule has 0 radical (unpaired) electrons. The number of halogens is 2. The summed E-state index contributed by atoms with van der Waals surface area (Å²) in [7, 11) is 0. The second kappa shape index (κ2) is 5.33. The predicted molar refractivity (Wildman–Crippen MR) is 43.6 cm³/mol. The van der Waals surface area contributed by atoms with E-state index in [0.717, 1.165) is 24.9 Å². The third kappa shape index (κ3) is 3.29. The quantitative estimate of drug-likeness (QED) is 0.590. The first-order valence-electron chi connectivity index (χ1n) is 3.20. The first-order chi connectivity index (χ1) is 3.93. The molecule has 0 spiro atoms. The Balaban J connectivity index is 0.000000640. The van der Waals surface area contributed by atoms with Crippen molar-refractivity contribution in [3.8, 4) is 0 Å². The average Bonchev–Trinajstić information content (AvgIpc) is 1.90. The van der Waals surface area contributed by atoms with Gasteiger partial charge in [-0.05, 0) is 31.8 Å². The fourth-order valence-corrected chi connectivity index (χ4v) is 1.34. The van der Waals surface area contributed by atoms with Gasteiger partial charge in [0.15, 0.2) is 0 Å². The SMILES string of the molecule is Cl.ClCC1CCNCC1. The predicted octanol–water partition coefficient (Wildman–Crippen LogP) is 1.65. The van der Waals surface area contributed by atoms with E-state index < -0.39 is 0 Å². The summed E-state index contributed by atoms with van der Waals surface area (Å²) in [4.78, 5) is 0. The van der Waals surface area contributed by atoms with E-state index in [1.54, 1.807) is 0 Å². The van der Waals surface area contributed by atoms with Gasteiger partial charge in [-0.2, -0.15) is 0 Å². The monoisotopic (exact) mass is 169 g/mol. The van der Waals surface area contributed by atoms with Gasteiger partial charge in [-0.15, -0.1) is 24.0 Å². The van der Waals surface area contributed by atoms with Crippen LogP contribution >= 0.6 is 24.0 Å². The molecule has 0 saturated carbocycles. The minimum absolute atomic E-state index is 0. The molecule has 0 atom stereocenters. The zero-order valence-corrected chi connectivity index (χ0v) is 6.97. The highest BCUT2D eigenvalue weighted by Crippen LogP contribution is 2.11. The smallest absolute Gasteiger partial charge is 0.0252 e. The van der Waals surface area contributed by atoms with Gasteiger partial charge in [-0.3, -0.25) is 0 Å². The lowest BCUT2D eigenvalue weighted by molar-refractivity contribution is 0.406. The van der Waals surface area contributed by atoms with Crippen molar-refractivity contribution in [3.63, 3.8) is 0 Å². The second-order valence-corrected chi connectivity index (χ2v) is 2.66. The molecule has 1 heterocycles. The Labute approximate surface area is 67.6 Å². The van der Waals surface area contributed by atoms with Crippen LogP contribution in [0.1, 0.15) is 12.8 Å². The van der Waals surface area contributed by atoms with E-state index in [4.69, 9.17) is 11.6 Å². The van der Waals surface area contributed by atoms with Crippen LogP contribution in [-0.2, 0) is 0 Å². The Kier molecular flexibility index (Phi) is 5.65. The van der Waals surface area contributed by atoms with E-state index in [9.17, 15) is 0 Å². The van der Waals surface area contributed by atoms with Gasteiger partial charge in [0.2, 0.25) is 0 Å². The van der Waals surface area contributed by atoms with Crippen LogP contribution < -0.4 is 5.32 Å². The first-order valence-corrected chi connectivity index (χ1v) is 3.73. The molecule has 3 heteroatoms. The Morgan fingerprint density at radius 1 is 1.33 bits per heavy atom. The van der Waals surface area contributed by atoms with Crippen LogP contribution in [0.2, 0.25) is 0 Å². The Morgan fingerprint density at radius 3 is 2.22 bits per heavy atom. The van der Waals surface area contributed by atoms with Gasteiger partial charge in [0.1, 0.15) is 0 Å². The number of rotatable bonds is 1. The molecule has 0 aliphatic carbocycles. The number of hydrogen-bond donors (Lipinski definition) is 1. The van der Waals surface area contributed by atoms with Crippen molar-refractivity contribution in [1.82, 2.24) is 5.32 Å². The zero-order valence-electron chi connectivity index (χ0n) is 5.40. The standard InChI is InChI=1S/C6H12ClN.ClH/c7-5-6-1-3-8-4-2-6;/h6,8H,1-5H2;1H. The van der Waals surface area contributed by atoms with Crippen molar-refractivity contribution in [2.45, 2.75) is 12.8 Å². The maximum Gasteiger partial charge on any atom is 0.0252 e. The molecular weight excluding hydrogens is 157 g/mol. The van der Waals surface area contributed by atoms with Gasteiger partial charge in [-0.25, -0.2) is 0 Å². The molecule has 1 rings (SSSR count). The highest BCUT2D eigenvalue weighted by molar-refractivity contribution is 6.18. The third-order valence-corrected chi connectivity index (χ3v) is 2.11. The fraction of sp³-hybridized carbons (Fsp3) is 1.00.